The Kier molecular flexibility index (Phi) is 4.04. The predicted molar refractivity (Wildman–Crippen MR) is 77.9 cm³/mol. The van der Waals surface area contributed by atoms with Crippen LogP contribution in [-0.2, 0) is 0 Å². The average Bonchev–Trinajstić information content (AvgIpc) is 2.34. The van der Waals surface area contributed by atoms with E-state index >= 15 is 0 Å². The quantitative estimate of drug-likeness (QED) is 0.833. The smallest absolute Gasteiger partial charge is 0.255 e. The van der Waals surface area contributed by atoms with Gasteiger partial charge in [0.05, 0.1) is 5.69 Å². The maximum Gasteiger partial charge on any atom is 0.255 e. The van der Waals surface area contributed by atoms with E-state index in [1.54, 1.807) is 12.1 Å². The predicted octanol–water partition coefficient (Wildman–Crippen LogP) is 4.17. The first-order chi connectivity index (χ1) is 8.58. The van der Waals surface area contributed by atoms with E-state index in [-0.39, 0.29) is 11.7 Å². The summed E-state index contributed by atoms with van der Waals surface area (Å²) in [6, 6.07) is 11.6. The molecule has 0 fully saturated rings. The van der Waals surface area contributed by atoms with E-state index in [9.17, 15) is 4.79 Å². The zero-order chi connectivity index (χ0) is 13.1. The van der Waals surface area contributed by atoms with Gasteiger partial charge in [0.15, 0.2) is 0 Å². The van der Waals surface area contributed by atoms with Crippen molar-refractivity contribution in [3.63, 3.8) is 0 Å². The summed E-state index contributed by atoms with van der Waals surface area (Å²) in [5.74, 6) is -0.101. The molecule has 0 aromatic heterocycles. The number of amides is 1. The van der Waals surface area contributed by atoms with Crippen LogP contribution in [0, 0.1) is 0 Å². The summed E-state index contributed by atoms with van der Waals surface area (Å²) in [5, 5.41) is 12.0. The minimum absolute atomic E-state index is 0.133. The Bertz CT molecular complexity index is 562. The molecule has 0 aliphatic carbocycles. The number of benzene rings is 2. The van der Waals surface area contributed by atoms with Crippen molar-refractivity contribution in [2.24, 2.45) is 0 Å². The minimum Gasteiger partial charge on any atom is -0.508 e. The highest BCUT2D eigenvalue weighted by Crippen LogP contribution is 2.30. The van der Waals surface area contributed by atoms with Crippen molar-refractivity contribution in [3.8, 4) is 5.75 Å². The van der Waals surface area contributed by atoms with Crippen LogP contribution in [0.4, 0.5) is 5.69 Å². The van der Waals surface area contributed by atoms with Gasteiger partial charge in [-0.2, -0.15) is 0 Å². The van der Waals surface area contributed by atoms with Crippen LogP contribution in [0.15, 0.2) is 51.4 Å². The number of rotatable bonds is 2. The highest BCUT2D eigenvalue weighted by molar-refractivity contribution is 9.11. The van der Waals surface area contributed by atoms with E-state index in [1.807, 2.05) is 18.2 Å². The summed E-state index contributed by atoms with van der Waals surface area (Å²) in [6.45, 7) is 0. The topological polar surface area (TPSA) is 49.3 Å². The Morgan fingerprint density at radius 1 is 1.00 bits per heavy atom. The largest absolute Gasteiger partial charge is 0.508 e. The lowest BCUT2D eigenvalue weighted by molar-refractivity contribution is 0.102. The molecule has 0 saturated heterocycles. The molecule has 2 rings (SSSR count). The van der Waals surface area contributed by atoms with Crippen molar-refractivity contribution in [2.75, 3.05) is 5.32 Å². The van der Waals surface area contributed by atoms with E-state index in [2.05, 4.69) is 37.2 Å². The third-order valence-electron chi connectivity index (χ3n) is 2.33. The normalized spacial score (nSPS) is 10.1. The maximum atomic E-state index is 12.0. The van der Waals surface area contributed by atoms with E-state index in [0.717, 1.165) is 8.95 Å². The molecule has 0 bridgehead atoms. The van der Waals surface area contributed by atoms with Crippen LogP contribution in [0.5, 0.6) is 5.75 Å². The van der Waals surface area contributed by atoms with Gasteiger partial charge in [-0.25, -0.2) is 0 Å². The maximum absolute atomic E-state index is 12.0. The van der Waals surface area contributed by atoms with Crippen LogP contribution in [0.25, 0.3) is 0 Å². The first-order valence-corrected chi connectivity index (χ1v) is 6.71. The number of hydrogen-bond donors (Lipinski definition) is 2. The zero-order valence-electron chi connectivity index (χ0n) is 9.15. The van der Waals surface area contributed by atoms with Gasteiger partial charge in [-0.3, -0.25) is 4.79 Å². The summed E-state index contributed by atoms with van der Waals surface area (Å²) in [7, 11) is 0. The number of carbonyl (C=O) groups excluding carboxylic acids is 1. The fraction of sp³-hybridized carbons (Fsp3) is 0. The first-order valence-electron chi connectivity index (χ1n) is 5.12. The molecule has 92 valence electrons. The second-order valence-corrected chi connectivity index (χ2v) is 5.31. The number of phenolic OH excluding ortho intramolecular Hbond substituents is 1. The van der Waals surface area contributed by atoms with E-state index in [1.165, 1.54) is 12.1 Å². The van der Waals surface area contributed by atoms with Gasteiger partial charge in [0.25, 0.3) is 5.91 Å². The number of para-hydroxylation sites is 1. The fourth-order valence-electron chi connectivity index (χ4n) is 1.42. The molecule has 5 heteroatoms. The van der Waals surface area contributed by atoms with Gasteiger partial charge in [-0.1, -0.05) is 6.07 Å². The number of aromatic hydroxyl groups is 1. The molecule has 0 unspecified atom stereocenters. The van der Waals surface area contributed by atoms with Gasteiger partial charge in [0, 0.05) is 14.5 Å². The molecule has 1 amide bonds. The molecule has 2 N–H and O–H groups in total. The Morgan fingerprint density at radius 2 is 1.56 bits per heavy atom. The lowest BCUT2D eigenvalue weighted by Crippen LogP contribution is -2.12. The van der Waals surface area contributed by atoms with E-state index in [0.29, 0.717) is 11.3 Å². The third-order valence-corrected chi connectivity index (χ3v) is 3.65. The summed E-state index contributed by atoms with van der Waals surface area (Å²) in [4.78, 5) is 12.0. The second kappa shape index (κ2) is 5.54. The summed E-state index contributed by atoms with van der Waals surface area (Å²) in [6.07, 6.45) is 0. The molecular formula is C13H9Br2NO2. The molecule has 2 aromatic rings. The molecule has 0 aliphatic rings. The summed E-state index contributed by atoms with van der Waals surface area (Å²) in [5.41, 5.74) is 1.16. The van der Waals surface area contributed by atoms with Gasteiger partial charge in [-0.15, -0.1) is 0 Å². The average molecular weight is 371 g/mol. The van der Waals surface area contributed by atoms with Crippen LogP contribution in [0.3, 0.4) is 0 Å². The van der Waals surface area contributed by atoms with E-state index in [4.69, 9.17) is 5.11 Å². The van der Waals surface area contributed by atoms with E-state index < -0.39 is 0 Å². The Morgan fingerprint density at radius 3 is 2.11 bits per heavy atom. The van der Waals surface area contributed by atoms with Crippen LogP contribution in [0.1, 0.15) is 10.4 Å². The molecule has 0 radical (unpaired) electrons. The molecule has 3 nitrogen and oxygen atoms in total. The lowest BCUT2D eigenvalue weighted by Gasteiger charge is -2.09. The van der Waals surface area contributed by atoms with Crippen LogP contribution in [-0.4, -0.2) is 11.0 Å². The second-order valence-electron chi connectivity index (χ2n) is 3.60. The van der Waals surface area contributed by atoms with Gasteiger partial charge >= 0.3 is 0 Å². The fourth-order valence-corrected chi connectivity index (χ4v) is 2.61. The number of halogens is 2. The summed E-state index contributed by atoms with van der Waals surface area (Å²) >= 11 is 6.75. The van der Waals surface area contributed by atoms with Crippen molar-refractivity contribution in [3.05, 3.63) is 57.0 Å². The van der Waals surface area contributed by atoms with Crippen LogP contribution in [0.2, 0.25) is 0 Å². The first kappa shape index (κ1) is 13.1. The van der Waals surface area contributed by atoms with Crippen molar-refractivity contribution < 1.29 is 9.90 Å². The van der Waals surface area contributed by atoms with Gasteiger partial charge < -0.3 is 10.4 Å². The highest BCUT2D eigenvalue weighted by Gasteiger charge is 2.10. The van der Waals surface area contributed by atoms with Crippen molar-refractivity contribution in [2.45, 2.75) is 0 Å². The molecular weight excluding hydrogens is 362 g/mol. The van der Waals surface area contributed by atoms with Gasteiger partial charge in [0.2, 0.25) is 0 Å². The number of hydrogen-bond acceptors (Lipinski definition) is 2. The number of carbonyl (C=O) groups is 1. The Balaban J connectivity index is 2.24. The Hall–Kier alpha value is -1.33. The lowest BCUT2D eigenvalue weighted by atomic mass is 10.2. The number of anilines is 1. The highest BCUT2D eigenvalue weighted by atomic mass is 79.9. The SMILES string of the molecule is O=C(Nc1c(Br)cccc1Br)c1ccc(O)cc1. The molecule has 0 atom stereocenters. The third kappa shape index (κ3) is 2.91. The van der Waals surface area contributed by atoms with Crippen molar-refractivity contribution >= 4 is 43.5 Å². The van der Waals surface area contributed by atoms with Crippen LogP contribution >= 0.6 is 31.9 Å². The standard InChI is InChI=1S/C13H9Br2NO2/c14-10-2-1-3-11(15)12(10)16-13(18)8-4-6-9(17)7-5-8/h1-7,17H,(H,16,18). The van der Waals surface area contributed by atoms with Gasteiger partial charge in [0.1, 0.15) is 5.75 Å². The number of nitrogens with one attached hydrogen (secondary N) is 1. The minimum atomic E-state index is -0.234. The molecule has 0 spiro atoms. The molecule has 18 heavy (non-hydrogen) atoms. The van der Waals surface area contributed by atoms with Crippen LogP contribution < -0.4 is 5.32 Å². The molecule has 2 aromatic carbocycles. The molecule has 0 heterocycles. The number of phenols is 1. The van der Waals surface area contributed by atoms with Crippen molar-refractivity contribution in [1.29, 1.82) is 0 Å². The molecule has 0 saturated carbocycles. The monoisotopic (exact) mass is 369 g/mol. The Labute approximate surface area is 121 Å². The summed E-state index contributed by atoms with van der Waals surface area (Å²) < 4.78 is 1.59. The van der Waals surface area contributed by atoms with Crippen molar-refractivity contribution in [1.82, 2.24) is 0 Å². The molecule has 0 aliphatic heterocycles. The van der Waals surface area contributed by atoms with Gasteiger partial charge in [-0.05, 0) is 68.3 Å². The zero-order valence-corrected chi connectivity index (χ0v) is 12.3.